The molecular weight excluding hydrogens is 270 g/mol. The Labute approximate surface area is 122 Å². The molecule has 6 nitrogen and oxygen atoms in total. The lowest BCUT2D eigenvalue weighted by Gasteiger charge is -2.31. The second-order valence-electron chi connectivity index (χ2n) is 5.25. The van der Waals surface area contributed by atoms with Crippen molar-refractivity contribution in [3.05, 3.63) is 36.4 Å². The van der Waals surface area contributed by atoms with Gasteiger partial charge in [-0.3, -0.25) is 9.59 Å². The van der Waals surface area contributed by atoms with Crippen LogP contribution in [0.25, 0.3) is 5.52 Å². The maximum atomic E-state index is 12.6. The van der Waals surface area contributed by atoms with Crippen LogP contribution in [-0.4, -0.2) is 46.4 Å². The van der Waals surface area contributed by atoms with Crippen LogP contribution in [0, 0.1) is 5.92 Å². The number of hydrogen-bond donors (Lipinski definition) is 0. The molecule has 1 saturated heterocycles. The van der Waals surface area contributed by atoms with E-state index in [1.807, 2.05) is 16.7 Å². The molecule has 0 aliphatic carbocycles. The van der Waals surface area contributed by atoms with E-state index in [9.17, 15) is 9.59 Å². The number of carbonyl (C=O) groups excluding carboxylic acids is 2. The number of pyridine rings is 1. The molecule has 1 fully saturated rings. The van der Waals surface area contributed by atoms with Gasteiger partial charge in [0.05, 0.1) is 31.1 Å². The van der Waals surface area contributed by atoms with E-state index in [2.05, 4.69) is 4.98 Å². The number of fused-ring (bicyclic) bond motifs is 1. The van der Waals surface area contributed by atoms with Crippen LogP contribution in [0.15, 0.2) is 30.9 Å². The predicted octanol–water partition coefficient (Wildman–Crippen LogP) is 1.36. The normalized spacial score (nSPS) is 18.7. The van der Waals surface area contributed by atoms with Crippen molar-refractivity contribution >= 4 is 17.4 Å². The molecule has 110 valence electrons. The van der Waals surface area contributed by atoms with E-state index in [1.165, 1.54) is 7.11 Å². The number of esters is 1. The molecule has 0 N–H and O–H groups in total. The van der Waals surface area contributed by atoms with Crippen LogP contribution in [0.2, 0.25) is 0 Å². The van der Waals surface area contributed by atoms with Gasteiger partial charge in [-0.05, 0) is 25.0 Å². The number of amides is 1. The number of hydrogen-bond acceptors (Lipinski definition) is 4. The first-order valence-corrected chi connectivity index (χ1v) is 6.98. The fourth-order valence-corrected chi connectivity index (χ4v) is 2.76. The standard InChI is InChI=1S/C15H17N3O3/c1-21-15(20)12-3-2-5-17(9-12)14(19)11-4-6-18-10-16-8-13(18)7-11/h4,6-8,10,12H,2-3,5,9H2,1H3. The van der Waals surface area contributed by atoms with E-state index in [-0.39, 0.29) is 17.8 Å². The number of imidazole rings is 1. The minimum Gasteiger partial charge on any atom is -0.469 e. The van der Waals surface area contributed by atoms with Gasteiger partial charge in [0.2, 0.25) is 0 Å². The Morgan fingerprint density at radius 3 is 3.10 bits per heavy atom. The van der Waals surface area contributed by atoms with Gasteiger partial charge in [-0.15, -0.1) is 0 Å². The minimum absolute atomic E-state index is 0.0488. The number of ether oxygens (including phenoxy) is 1. The number of aromatic nitrogens is 2. The lowest BCUT2D eigenvalue weighted by atomic mass is 9.97. The third kappa shape index (κ3) is 2.61. The van der Waals surface area contributed by atoms with Gasteiger partial charge in [0.15, 0.2) is 0 Å². The van der Waals surface area contributed by atoms with E-state index in [0.29, 0.717) is 18.7 Å². The summed E-state index contributed by atoms with van der Waals surface area (Å²) in [6.45, 7) is 1.10. The van der Waals surface area contributed by atoms with Crippen LogP contribution in [-0.2, 0) is 9.53 Å². The number of likely N-dealkylation sites (tertiary alicyclic amines) is 1. The van der Waals surface area contributed by atoms with Crippen molar-refractivity contribution < 1.29 is 14.3 Å². The summed E-state index contributed by atoms with van der Waals surface area (Å²) in [6, 6.07) is 3.59. The van der Waals surface area contributed by atoms with E-state index >= 15 is 0 Å². The summed E-state index contributed by atoms with van der Waals surface area (Å²) < 4.78 is 6.63. The third-order valence-corrected chi connectivity index (χ3v) is 3.90. The molecule has 3 heterocycles. The highest BCUT2D eigenvalue weighted by atomic mass is 16.5. The monoisotopic (exact) mass is 287 g/mol. The van der Waals surface area contributed by atoms with Gasteiger partial charge < -0.3 is 14.0 Å². The summed E-state index contributed by atoms with van der Waals surface area (Å²) >= 11 is 0. The SMILES string of the molecule is COC(=O)C1CCCN(C(=O)c2ccn3cncc3c2)C1. The molecule has 3 rings (SSSR count). The lowest BCUT2D eigenvalue weighted by molar-refractivity contribution is -0.146. The Morgan fingerprint density at radius 2 is 2.29 bits per heavy atom. The molecule has 6 heteroatoms. The van der Waals surface area contributed by atoms with Crippen molar-refractivity contribution in [1.82, 2.24) is 14.3 Å². The third-order valence-electron chi connectivity index (χ3n) is 3.90. The highest BCUT2D eigenvalue weighted by molar-refractivity contribution is 5.95. The Hall–Kier alpha value is -2.37. The molecule has 21 heavy (non-hydrogen) atoms. The highest BCUT2D eigenvalue weighted by Gasteiger charge is 2.29. The number of piperidine rings is 1. The smallest absolute Gasteiger partial charge is 0.310 e. The van der Waals surface area contributed by atoms with Gasteiger partial charge in [0.1, 0.15) is 0 Å². The summed E-state index contributed by atoms with van der Waals surface area (Å²) in [5.74, 6) is -0.502. The average Bonchev–Trinajstić information content (AvgIpc) is 3.01. The van der Waals surface area contributed by atoms with Gasteiger partial charge in [0, 0.05) is 24.8 Å². The second kappa shape index (κ2) is 5.55. The lowest BCUT2D eigenvalue weighted by Crippen LogP contribution is -2.42. The zero-order chi connectivity index (χ0) is 14.8. The molecule has 1 unspecified atom stereocenters. The number of rotatable bonds is 2. The Bertz CT molecular complexity index is 680. The van der Waals surface area contributed by atoms with Crippen molar-refractivity contribution in [3.63, 3.8) is 0 Å². The van der Waals surface area contributed by atoms with Gasteiger partial charge in [-0.2, -0.15) is 0 Å². The highest BCUT2D eigenvalue weighted by Crippen LogP contribution is 2.20. The van der Waals surface area contributed by atoms with E-state index in [1.54, 1.807) is 23.5 Å². The molecule has 0 bridgehead atoms. The number of methoxy groups -OCH3 is 1. The van der Waals surface area contributed by atoms with Crippen LogP contribution in [0.3, 0.4) is 0 Å². The first-order valence-electron chi connectivity index (χ1n) is 6.98. The van der Waals surface area contributed by atoms with Crippen LogP contribution in [0.4, 0.5) is 0 Å². The maximum absolute atomic E-state index is 12.6. The largest absolute Gasteiger partial charge is 0.469 e. The molecule has 1 aliphatic heterocycles. The molecule has 0 spiro atoms. The van der Waals surface area contributed by atoms with Crippen LogP contribution in [0.5, 0.6) is 0 Å². The van der Waals surface area contributed by atoms with Crippen LogP contribution >= 0.6 is 0 Å². The molecule has 1 amide bonds. The predicted molar refractivity (Wildman–Crippen MR) is 75.8 cm³/mol. The Balaban J connectivity index is 1.78. The van der Waals surface area contributed by atoms with Crippen LogP contribution < -0.4 is 0 Å². The summed E-state index contributed by atoms with van der Waals surface area (Å²) in [5.41, 5.74) is 1.50. The molecule has 2 aromatic heterocycles. The fourth-order valence-electron chi connectivity index (χ4n) is 2.76. The summed E-state index contributed by atoms with van der Waals surface area (Å²) in [6.07, 6.45) is 6.82. The molecule has 2 aromatic rings. The molecule has 1 aliphatic rings. The fraction of sp³-hybridized carbons (Fsp3) is 0.400. The van der Waals surface area contributed by atoms with E-state index < -0.39 is 0 Å². The zero-order valence-corrected chi connectivity index (χ0v) is 11.9. The number of nitrogens with zero attached hydrogens (tertiary/aromatic N) is 3. The summed E-state index contributed by atoms with van der Waals surface area (Å²) in [5, 5.41) is 0. The van der Waals surface area contributed by atoms with Gasteiger partial charge >= 0.3 is 5.97 Å². The first-order chi connectivity index (χ1) is 10.2. The van der Waals surface area contributed by atoms with Crippen molar-refractivity contribution in [2.24, 2.45) is 5.92 Å². The van der Waals surface area contributed by atoms with Crippen molar-refractivity contribution in [2.75, 3.05) is 20.2 Å². The van der Waals surface area contributed by atoms with Gasteiger partial charge in [0.25, 0.3) is 5.91 Å². The van der Waals surface area contributed by atoms with Gasteiger partial charge in [-0.25, -0.2) is 4.98 Å². The summed E-state index contributed by atoms with van der Waals surface area (Å²) in [4.78, 5) is 30.0. The number of carbonyl (C=O) groups is 2. The topological polar surface area (TPSA) is 63.9 Å². The maximum Gasteiger partial charge on any atom is 0.310 e. The van der Waals surface area contributed by atoms with Crippen molar-refractivity contribution in [2.45, 2.75) is 12.8 Å². The first kappa shape index (κ1) is 13.6. The Morgan fingerprint density at radius 1 is 1.43 bits per heavy atom. The van der Waals surface area contributed by atoms with E-state index in [4.69, 9.17) is 4.74 Å². The second-order valence-corrected chi connectivity index (χ2v) is 5.25. The van der Waals surface area contributed by atoms with Crippen LogP contribution in [0.1, 0.15) is 23.2 Å². The average molecular weight is 287 g/mol. The molecule has 0 radical (unpaired) electrons. The molecule has 0 saturated carbocycles. The molecule has 0 aromatic carbocycles. The minimum atomic E-state index is -0.237. The molecule has 1 atom stereocenters. The van der Waals surface area contributed by atoms with E-state index in [0.717, 1.165) is 18.4 Å². The zero-order valence-electron chi connectivity index (χ0n) is 11.9. The van der Waals surface area contributed by atoms with Crippen molar-refractivity contribution in [3.8, 4) is 0 Å². The Kier molecular flexibility index (Phi) is 3.60. The molecular formula is C15H17N3O3. The quantitative estimate of drug-likeness (QED) is 0.782. The summed E-state index contributed by atoms with van der Waals surface area (Å²) in [7, 11) is 1.39. The van der Waals surface area contributed by atoms with Gasteiger partial charge in [-0.1, -0.05) is 0 Å². The van der Waals surface area contributed by atoms with Crippen molar-refractivity contribution in [1.29, 1.82) is 0 Å².